The van der Waals surface area contributed by atoms with Crippen LogP contribution in [0.4, 0.5) is 5.69 Å². The van der Waals surface area contributed by atoms with E-state index in [1.165, 1.54) is 11.1 Å². The van der Waals surface area contributed by atoms with Crippen LogP contribution in [0.25, 0.3) is 6.08 Å². The second-order valence-electron chi connectivity index (χ2n) is 6.02. The van der Waals surface area contributed by atoms with E-state index >= 15 is 0 Å². The standard InChI is InChI=1S/C19H16N4O3/c1-10-4-6-13(7-5-10)23-19(26)15(12(3)22-23)8-14-11(2)16(9-20)18(25)21-17(14)24/h4-8H,1-3H3,(H2,21,24,25). The van der Waals surface area contributed by atoms with Gasteiger partial charge in [0.2, 0.25) is 0 Å². The lowest BCUT2D eigenvalue weighted by Crippen LogP contribution is -2.21. The highest BCUT2D eigenvalue weighted by Crippen LogP contribution is 2.28. The average molecular weight is 348 g/mol. The van der Waals surface area contributed by atoms with Crippen molar-refractivity contribution >= 4 is 23.4 Å². The number of aromatic nitrogens is 1. The highest BCUT2D eigenvalue weighted by molar-refractivity contribution is 6.32. The Morgan fingerprint density at radius 1 is 1.19 bits per heavy atom. The number of hydrogen-bond acceptors (Lipinski definition) is 5. The number of carbonyl (C=O) groups excluding carboxylic acids is 1. The molecule has 1 aromatic heterocycles. The molecule has 1 aromatic carbocycles. The number of carbonyl (C=O) groups is 1. The number of anilines is 1. The van der Waals surface area contributed by atoms with Crippen molar-refractivity contribution in [3.8, 4) is 11.9 Å². The van der Waals surface area contributed by atoms with Gasteiger partial charge >= 0.3 is 0 Å². The van der Waals surface area contributed by atoms with Crippen molar-refractivity contribution in [3.63, 3.8) is 0 Å². The molecule has 1 aliphatic rings. The molecule has 0 saturated heterocycles. The molecule has 1 aliphatic heterocycles. The summed E-state index contributed by atoms with van der Waals surface area (Å²) < 4.78 is 0. The van der Waals surface area contributed by atoms with E-state index in [2.05, 4.69) is 10.1 Å². The molecule has 2 heterocycles. The molecule has 130 valence electrons. The van der Waals surface area contributed by atoms with Gasteiger partial charge in [0.15, 0.2) is 5.88 Å². The number of hydrazone groups is 1. The second-order valence-corrected chi connectivity index (χ2v) is 6.02. The molecule has 0 saturated carbocycles. The summed E-state index contributed by atoms with van der Waals surface area (Å²) in [4.78, 5) is 26.7. The molecule has 1 amide bonds. The number of nitriles is 1. The van der Waals surface area contributed by atoms with Crippen molar-refractivity contribution in [1.29, 1.82) is 5.26 Å². The summed E-state index contributed by atoms with van der Waals surface area (Å²) in [5.74, 6) is -0.747. The molecular formula is C19H16N4O3. The third-order valence-electron chi connectivity index (χ3n) is 4.23. The lowest BCUT2D eigenvalue weighted by Gasteiger charge is -2.12. The fraction of sp³-hybridized carbons (Fsp3) is 0.158. The zero-order chi connectivity index (χ0) is 19.0. The molecule has 2 aromatic rings. The van der Waals surface area contributed by atoms with Gasteiger partial charge in [-0.25, -0.2) is 0 Å². The first-order chi connectivity index (χ1) is 12.3. The van der Waals surface area contributed by atoms with Crippen molar-refractivity contribution in [2.24, 2.45) is 5.10 Å². The van der Waals surface area contributed by atoms with E-state index < -0.39 is 11.4 Å². The number of nitrogens with one attached hydrogen (secondary N) is 1. The van der Waals surface area contributed by atoms with Crippen LogP contribution in [0.5, 0.6) is 5.88 Å². The Bertz CT molecular complexity index is 1070. The Hall–Kier alpha value is -3.66. The van der Waals surface area contributed by atoms with Gasteiger partial charge < -0.3 is 5.11 Å². The van der Waals surface area contributed by atoms with Gasteiger partial charge in [0.25, 0.3) is 11.5 Å². The molecule has 7 heteroatoms. The zero-order valence-electron chi connectivity index (χ0n) is 14.5. The SMILES string of the molecule is CC1=NN(c2ccc(C)cc2)C(=O)C1=Cc1c(O)[nH]c(=O)c(C#N)c1C. The quantitative estimate of drug-likeness (QED) is 0.812. The number of rotatable bonds is 2. The van der Waals surface area contributed by atoms with E-state index in [9.17, 15) is 14.7 Å². The van der Waals surface area contributed by atoms with Crippen LogP contribution in [0.3, 0.4) is 0 Å². The Morgan fingerprint density at radius 2 is 1.85 bits per heavy atom. The van der Waals surface area contributed by atoms with Gasteiger partial charge in [-0.05, 0) is 44.5 Å². The number of hydrogen-bond donors (Lipinski definition) is 2. The molecule has 0 radical (unpaired) electrons. The number of H-pyrrole nitrogens is 1. The molecule has 0 atom stereocenters. The van der Waals surface area contributed by atoms with Crippen LogP contribution < -0.4 is 10.6 Å². The molecule has 0 spiro atoms. The minimum Gasteiger partial charge on any atom is -0.494 e. The first-order valence-corrected chi connectivity index (χ1v) is 7.87. The van der Waals surface area contributed by atoms with Crippen LogP contribution in [-0.2, 0) is 4.79 Å². The molecular weight excluding hydrogens is 332 g/mol. The number of pyridine rings is 1. The fourth-order valence-electron chi connectivity index (χ4n) is 2.72. The van der Waals surface area contributed by atoms with E-state index in [0.717, 1.165) is 5.56 Å². The summed E-state index contributed by atoms with van der Waals surface area (Å²) in [5.41, 5.74) is 2.18. The van der Waals surface area contributed by atoms with E-state index in [4.69, 9.17) is 5.26 Å². The summed E-state index contributed by atoms with van der Waals surface area (Å²) in [6.45, 7) is 5.18. The Labute approximate surface area is 149 Å². The van der Waals surface area contributed by atoms with E-state index in [1.807, 2.05) is 25.1 Å². The van der Waals surface area contributed by atoms with Crippen LogP contribution in [0.2, 0.25) is 0 Å². The summed E-state index contributed by atoms with van der Waals surface area (Å²) in [6.07, 6.45) is 1.44. The van der Waals surface area contributed by atoms with Crippen molar-refractivity contribution in [2.45, 2.75) is 20.8 Å². The Balaban J connectivity index is 2.08. The van der Waals surface area contributed by atoms with Crippen LogP contribution in [0, 0.1) is 25.2 Å². The van der Waals surface area contributed by atoms with Crippen molar-refractivity contribution in [2.75, 3.05) is 5.01 Å². The zero-order valence-corrected chi connectivity index (χ0v) is 14.5. The maximum atomic E-state index is 12.8. The number of amides is 1. The van der Waals surface area contributed by atoms with Crippen LogP contribution in [0.15, 0.2) is 39.7 Å². The largest absolute Gasteiger partial charge is 0.494 e. The minimum absolute atomic E-state index is 0.106. The van der Waals surface area contributed by atoms with E-state index in [-0.39, 0.29) is 22.6 Å². The van der Waals surface area contributed by atoms with Gasteiger partial charge in [0.05, 0.1) is 17.0 Å². The van der Waals surface area contributed by atoms with E-state index in [1.54, 1.807) is 26.0 Å². The summed E-state index contributed by atoms with van der Waals surface area (Å²) in [6, 6.07) is 9.16. The molecule has 0 fully saturated rings. The molecule has 0 aliphatic carbocycles. The molecule has 2 N–H and O–H groups in total. The topological polar surface area (TPSA) is 110 Å². The third-order valence-corrected chi connectivity index (χ3v) is 4.23. The normalized spacial score (nSPS) is 15.3. The van der Waals surface area contributed by atoms with Gasteiger partial charge in [-0.2, -0.15) is 15.4 Å². The summed E-state index contributed by atoms with van der Waals surface area (Å²) >= 11 is 0. The predicted molar refractivity (Wildman–Crippen MR) is 97.9 cm³/mol. The van der Waals surface area contributed by atoms with Gasteiger partial charge in [-0.15, -0.1) is 0 Å². The van der Waals surface area contributed by atoms with Crippen LogP contribution >= 0.6 is 0 Å². The summed E-state index contributed by atoms with van der Waals surface area (Å²) in [5, 5.41) is 24.7. The van der Waals surface area contributed by atoms with Gasteiger partial charge in [0.1, 0.15) is 11.6 Å². The monoisotopic (exact) mass is 348 g/mol. The second kappa shape index (κ2) is 6.33. The maximum absolute atomic E-state index is 12.8. The minimum atomic E-state index is -0.672. The molecule has 3 rings (SSSR count). The van der Waals surface area contributed by atoms with Gasteiger partial charge in [0, 0.05) is 5.56 Å². The Kier molecular flexibility index (Phi) is 4.18. The molecule has 7 nitrogen and oxygen atoms in total. The van der Waals surface area contributed by atoms with Crippen molar-refractivity contribution < 1.29 is 9.90 Å². The van der Waals surface area contributed by atoms with Crippen LogP contribution in [-0.4, -0.2) is 21.7 Å². The predicted octanol–water partition coefficient (Wildman–Crippen LogP) is 2.38. The number of benzene rings is 1. The van der Waals surface area contributed by atoms with Gasteiger partial charge in [-0.1, -0.05) is 17.7 Å². The van der Waals surface area contributed by atoms with Gasteiger partial charge in [-0.3, -0.25) is 14.6 Å². The Morgan fingerprint density at radius 3 is 2.46 bits per heavy atom. The first-order valence-electron chi connectivity index (χ1n) is 7.87. The first kappa shape index (κ1) is 17.2. The smallest absolute Gasteiger partial charge is 0.280 e. The number of aryl methyl sites for hydroxylation is 1. The lowest BCUT2D eigenvalue weighted by atomic mass is 10.0. The molecule has 0 unspecified atom stereocenters. The van der Waals surface area contributed by atoms with E-state index in [0.29, 0.717) is 17.0 Å². The maximum Gasteiger partial charge on any atom is 0.280 e. The number of nitrogens with zero attached hydrogens (tertiary/aromatic N) is 3. The number of aromatic hydroxyl groups is 1. The third kappa shape index (κ3) is 2.78. The van der Waals surface area contributed by atoms with Crippen LogP contribution in [0.1, 0.15) is 29.2 Å². The highest BCUT2D eigenvalue weighted by atomic mass is 16.3. The lowest BCUT2D eigenvalue weighted by molar-refractivity contribution is -0.114. The summed E-state index contributed by atoms with van der Waals surface area (Å²) in [7, 11) is 0. The molecule has 26 heavy (non-hydrogen) atoms. The number of aromatic amines is 1. The average Bonchev–Trinajstić information content (AvgIpc) is 2.87. The highest BCUT2D eigenvalue weighted by Gasteiger charge is 2.29. The van der Waals surface area contributed by atoms with Crippen molar-refractivity contribution in [3.05, 3.63) is 62.4 Å². The van der Waals surface area contributed by atoms with Crippen molar-refractivity contribution in [1.82, 2.24) is 4.98 Å². The molecule has 0 bridgehead atoms. The fourth-order valence-corrected chi connectivity index (χ4v) is 2.72.